The average molecular weight is 327 g/mol. The molecule has 0 aliphatic carbocycles. The summed E-state index contributed by atoms with van der Waals surface area (Å²) < 4.78 is 18.7. The first-order valence-electron chi connectivity index (χ1n) is 8.28. The highest BCUT2D eigenvalue weighted by Crippen LogP contribution is 2.39. The van der Waals surface area contributed by atoms with E-state index >= 15 is 0 Å². The van der Waals surface area contributed by atoms with Crippen molar-refractivity contribution in [2.75, 3.05) is 7.11 Å². The Morgan fingerprint density at radius 3 is 2.58 bits per heavy atom. The van der Waals surface area contributed by atoms with Gasteiger partial charge in [-0.15, -0.1) is 0 Å². The normalized spacial score (nSPS) is 19.8. The third-order valence-corrected chi connectivity index (χ3v) is 4.69. The minimum atomic E-state index is -0.272. The van der Waals surface area contributed by atoms with E-state index in [2.05, 4.69) is 6.92 Å². The second-order valence-corrected chi connectivity index (χ2v) is 6.23. The molecule has 2 aromatic carbocycles. The largest absolute Gasteiger partial charge is 0.497 e. The zero-order chi connectivity index (χ0) is 17.3. The first-order chi connectivity index (χ1) is 11.5. The van der Waals surface area contributed by atoms with Crippen LogP contribution < -0.4 is 4.74 Å². The van der Waals surface area contributed by atoms with E-state index in [9.17, 15) is 9.18 Å². The van der Waals surface area contributed by atoms with Gasteiger partial charge >= 0.3 is 0 Å². The van der Waals surface area contributed by atoms with Crippen LogP contribution in [0.15, 0.2) is 42.5 Å². The van der Waals surface area contributed by atoms with Crippen molar-refractivity contribution in [3.8, 4) is 5.75 Å². The topological polar surface area (TPSA) is 29.5 Å². The van der Waals surface area contributed by atoms with Crippen molar-refractivity contribution < 1.29 is 13.9 Å². The molecule has 2 aromatic rings. The summed E-state index contributed by atoms with van der Waals surface area (Å²) in [5.41, 5.74) is 3.19. The van der Waals surface area contributed by atoms with Crippen molar-refractivity contribution in [2.45, 2.75) is 38.8 Å². The third kappa shape index (κ3) is 2.88. The van der Waals surface area contributed by atoms with Crippen molar-refractivity contribution in [3.05, 3.63) is 65.0 Å². The lowest BCUT2D eigenvalue weighted by molar-refractivity contribution is -0.135. The molecule has 24 heavy (non-hydrogen) atoms. The Morgan fingerprint density at radius 1 is 1.25 bits per heavy atom. The molecule has 126 valence electrons. The molecule has 0 N–H and O–H groups in total. The summed E-state index contributed by atoms with van der Waals surface area (Å²) in [5.74, 6) is 0.651. The summed E-state index contributed by atoms with van der Waals surface area (Å²) in [7, 11) is 1.65. The SMILES string of the molecule is CCC(=O)N1[C@@H](c2ccc(F)cc2)c2ccc(OC)cc2C[C@@H]1C. The number of halogens is 1. The minimum Gasteiger partial charge on any atom is -0.497 e. The quantitative estimate of drug-likeness (QED) is 0.849. The fourth-order valence-corrected chi connectivity index (χ4v) is 3.53. The molecule has 1 aliphatic heterocycles. The number of hydrogen-bond acceptors (Lipinski definition) is 2. The van der Waals surface area contributed by atoms with E-state index < -0.39 is 0 Å². The maximum Gasteiger partial charge on any atom is 0.223 e. The molecular weight excluding hydrogens is 305 g/mol. The van der Waals surface area contributed by atoms with Gasteiger partial charge in [-0.3, -0.25) is 4.79 Å². The van der Waals surface area contributed by atoms with Gasteiger partial charge in [-0.1, -0.05) is 25.1 Å². The van der Waals surface area contributed by atoms with Crippen LogP contribution in [0.3, 0.4) is 0 Å². The van der Waals surface area contributed by atoms with E-state index in [0.29, 0.717) is 6.42 Å². The molecular formula is C20H22FNO2. The van der Waals surface area contributed by atoms with E-state index in [-0.39, 0.29) is 23.8 Å². The highest BCUT2D eigenvalue weighted by molar-refractivity contribution is 5.78. The fraction of sp³-hybridized carbons (Fsp3) is 0.350. The van der Waals surface area contributed by atoms with E-state index in [0.717, 1.165) is 23.3 Å². The lowest BCUT2D eigenvalue weighted by Gasteiger charge is -2.42. The lowest BCUT2D eigenvalue weighted by atomic mass is 9.84. The number of carbonyl (C=O) groups excluding carboxylic acids is 1. The summed E-state index contributed by atoms with van der Waals surface area (Å²) in [4.78, 5) is 14.5. The number of ether oxygens (including phenoxy) is 1. The first-order valence-corrected chi connectivity index (χ1v) is 8.28. The molecule has 3 rings (SSSR count). The number of nitrogens with zero attached hydrogens (tertiary/aromatic N) is 1. The zero-order valence-corrected chi connectivity index (χ0v) is 14.3. The van der Waals surface area contributed by atoms with Crippen molar-refractivity contribution in [1.82, 2.24) is 4.90 Å². The van der Waals surface area contributed by atoms with Crippen LogP contribution >= 0.6 is 0 Å². The molecule has 0 fully saturated rings. The smallest absolute Gasteiger partial charge is 0.223 e. The maximum absolute atomic E-state index is 13.3. The van der Waals surface area contributed by atoms with Gasteiger partial charge in [0.1, 0.15) is 11.6 Å². The Kier molecular flexibility index (Phi) is 4.56. The van der Waals surface area contributed by atoms with Gasteiger partial charge in [-0.05, 0) is 54.3 Å². The molecule has 1 aliphatic rings. The van der Waals surface area contributed by atoms with Crippen molar-refractivity contribution in [2.24, 2.45) is 0 Å². The number of fused-ring (bicyclic) bond motifs is 1. The van der Waals surface area contributed by atoms with Crippen LogP contribution in [0.1, 0.15) is 43.0 Å². The second kappa shape index (κ2) is 6.63. The predicted molar refractivity (Wildman–Crippen MR) is 91.5 cm³/mol. The standard InChI is InChI=1S/C20H22FNO2/c1-4-19(23)22-13(2)11-15-12-17(24-3)9-10-18(15)20(22)14-5-7-16(21)8-6-14/h5-10,12-13,20H,4,11H2,1-3H3/t13-,20-/m0/s1. The van der Waals surface area contributed by atoms with Crippen LogP contribution in [0, 0.1) is 5.82 Å². The molecule has 0 saturated heterocycles. The third-order valence-electron chi connectivity index (χ3n) is 4.69. The van der Waals surface area contributed by atoms with Crippen LogP contribution in [-0.2, 0) is 11.2 Å². The molecule has 2 atom stereocenters. The van der Waals surface area contributed by atoms with Crippen LogP contribution in [0.25, 0.3) is 0 Å². The number of methoxy groups -OCH3 is 1. The second-order valence-electron chi connectivity index (χ2n) is 6.23. The van der Waals surface area contributed by atoms with Gasteiger partial charge in [0.2, 0.25) is 5.91 Å². The molecule has 0 aromatic heterocycles. The summed E-state index contributed by atoms with van der Waals surface area (Å²) >= 11 is 0. The van der Waals surface area contributed by atoms with E-state index in [1.165, 1.54) is 17.7 Å². The van der Waals surface area contributed by atoms with Gasteiger partial charge in [0.15, 0.2) is 0 Å². The van der Waals surface area contributed by atoms with Crippen LogP contribution in [0.4, 0.5) is 4.39 Å². The Labute approximate surface area is 142 Å². The van der Waals surface area contributed by atoms with E-state index in [4.69, 9.17) is 4.74 Å². The fourth-order valence-electron chi connectivity index (χ4n) is 3.53. The first kappa shape index (κ1) is 16.5. The van der Waals surface area contributed by atoms with Crippen molar-refractivity contribution >= 4 is 5.91 Å². The number of hydrogen-bond donors (Lipinski definition) is 0. The number of carbonyl (C=O) groups is 1. The molecule has 3 nitrogen and oxygen atoms in total. The van der Waals surface area contributed by atoms with Crippen LogP contribution in [0.2, 0.25) is 0 Å². The number of benzene rings is 2. The maximum atomic E-state index is 13.3. The Balaban J connectivity index is 2.15. The van der Waals surface area contributed by atoms with Gasteiger partial charge in [-0.2, -0.15) is 0 Å². The zero-order valence-electron chi connectivity index (χ0n) is 14.3. The van der Waals surface area contributed by atoms with Gasteiger partial charge < -0.3 is 9.64 Å². The van der Waals surface area contributed by atoms with E-state index in [1.807, 2.05) is 30.0 Å². The molecule has 0 unspecified atom stereocenters. The van der Waals surface area contributed by atoms with Gasteiger partial charge in [0.05, 0.1) is 13.2 Å². The highest BCUT2D eigenvalue weighted by Gasteiger charge is 2.35. The summed E-state index contributed by atoms with van der Waals surface area (Å²) in [6, 6.07) is 12.3. The summed E-state index contributed by atoms with van der Waals surface area (Å²) in [6.45, 7) is 3.94. The van der Waals surface area contributed by atoms with Gasteiger partial charge in [0, 0.05) is 12.5 Å². The Hall–Kier alpha value is -2.36. The number of amides is 1. The monoisotopic (exact) mass is 327 g/mol. The molecule has 0 radical (unpaired) electrons. The van der Waals surface area contributed by atoms with Crippen LogP contribution in [0.5, 0.6) is 5.75 Å². The van der Waals surface area contributed by atoms with Gasteiger partial charge in [-0.25, -0.2) is 4.39 Å². The minimum absolute atomic E-state index is 0.0760. The Bertz CT molecular complexity index is 742. The summed E-state index contributed by atoms with van der Waals surface area (Å²) in [5, 5.41) is 0. The van der Waals surface area contributed by atoms with Crippen molar-refractivity contribution in [3.63, 3.8) is 0 Å². The molecule has 1 heterocycles. The molecule has 0 saturated carbocycles. The van der Waals surface area contributed by atoms with Gasteiger partial charge in [0.25, 0.3) is 0 Å². The highest BCUT2D eigenvalue weighted by atomic mass is 19.1. The Morgan fingerprint density at radius 2 is 1.96 bits per heavy atom. The molecule has 1 amide bonds. The van der Waals surface area contributed by atoms with E-state index in [1.54, 1.807) is 19.2 Å². The average Bonchev–Trinajstić information content (AvgIpc) is 2.60. The predicted octanol–water partition coefficient (Wildman–Crippen LogP) is 4.11. The van der Waals surface area contributed by atoms with Crippen molar-refractivity contribution in [1.29, 1.82) is 0 Å². The summed E-state index contributed by atoms with van der Waals surface area (Å²) in [6.07, 6.45) is 1.24. The molecule has 0 bridgehead atoms. The molecule has 0 spiro atoms. The van der Waals surface area contributed by atoms with Crippen LogP contribution in [-0.4, -0.2) is 24.0 Å². The lowest BCUT2D eigenvalue weighted by Crippen LogP contribution is -2.46. The molecule has 4 heteroatoms. The number of rotatable bonds is 3.